The fourth-order valence-corrected chi connectivity index (χ4v) is 4.03. The van der Waals surface area contributed by atoms with Crippen molar-refractivity contribution in [3.63, 3.8) is 0 Å². The Labute approximate surface area is 184 Å². The van der Waals surface area contributed by atoms with Gasteiger partial charge in [0.05, 0.1) is 12.2 Å². The molecule has 0 spiro atoms. The standard InChI is InChI=1S/C21H18Cl2NO5P/c1-2-27-21(25)15-3-9-18(10-4-15)24-30(26,28-19-11-5-16(22)6-12-19)29-20-13-7-17(23)8-14-20/h3-14H,2H2,1H3,(H,24,26). The molecule has 0 saturated carbocycles. The van der Waals surface area contributed by atoms with Crippen LogP contribution in [0.15, 0.2) is 72.8 Å². The average molecular weight is 466 g/mol. The van der Waals surface area contributed by atoms with Gasteiger partial charge in [-0.15, -0.1) is 0 Å². The van der Waals surface area contributed by atoms with Gasteiger partial charge in [-0.1, -0.05) is 23.2 Å². The monoisotopic (exact) mass is 465 g/mol. The number of anilines is 1. The summed E-state index contributed by atoms with van der Waals surface area (Å²) in [4.78, 5) is 11.8. The van der Waals surface area contributed by atoms with Gasteiger partial charge in [0.15, 0.2) is 0 Å². The third-order valence-electron chi connectivity index (χ3n) is 3.74. The Hall–Kier alpha value is -2.66. The van der Waals surface area contributed by atoms with E-state index in [0.29, 0.717) is 32.8 Å². The topological polar surface area (TPSA) is 73.9 Å². The Morgan fingerprint density at radius 3 is 1.73 bits per heavy atom. The molecule has 3 aromatic rings. The number of hydrogen-bond donors (Lipinski definition) is 1. The van der Waals surface area contributed by atoms with Gasteiger partial charge < -0.3 is 13.8 Å². The molecule has 156 valence electrons. The maximum absolute atomic E-state index is 13.5. The first kappa shape index (κ1) is 22.0. The van der Waals surface area contributed by atoms with Crippen LogP contribution in [0.3, 0.4) is 0 Å². The molecule has 1 N–H and O–H groups in total. The van der Waals surface area contributed by atoms with Crippen LogP contribution < -0.4 is 14.1 Å². The summed E-state index contributed by atoms with van der Waals surface area (Å²) in [5, 5.41) is 3.80. The molecule has 0 aromatic heterocycles. The predicted octanol–water partition coefficient (Wildman–Crippen LogP) is 6.85. The molecule has 0 aliphatic carbocycles. The minimum Gasteiger partial charge on any atom is -0.462 e. The maximum atomic E-state index is 13.5. The van der Waals surface area contributed by atoms with Crippen LogP contribution in [0.5, 0.6) is 11.5 Å². The van der Waals surface area contributed by atoms with Crippen LogP contribution in [-0.2, 0) is 9.30 Å². The summed E-state index contributed by atoms with van der Waals surface area (Å²) in [7, 11) is -3.92. The Morgan fingerprint density at radius 1 is 0.833 bits per heavy atom. The lowest BCUT2D eigenvalue weighted by Gasteiger charge is -2.21. The number of hydrogen-bond acceptors (Lipinski definition) is 5. The van der Waals surface area contributed by atoms with Crippen molar-refractivity contribution in [2.75, 3.05) is 11.7 Å². The molecular formula is C21H18Cl2NO5P. The molecule has 0 aliphatic heterocycles. The van der Waals surface area contributed by atoms with E-state index in [-0.39, 0.29) is 6.61 Å². The SMILES string of the molecule is CCOC(=O)c1ccc(NP(=O)(Oc2ccc(Cl)cc2)Oc2ccc(Cl)cc2)cc1. The first-order valence-electron chi connectivity index (χ1n) is 8.93. The van der Waals surface area contributed by atoms with E-state index in [1.54, 1.807) is 79.7 Å². The molecular weight excluding hydrogens is 448 g/mol. The van der Waals surface area contributed by atoms with E-state index < -0.39 is 13.7 Å². The van der Waals surface area contributed by atoms with Crippen LogP contribution in [0, 0.1) is 0 Å². The number of halogens is 2. The highest BCUT2D eigenvalue weighted by atomic mass is 35.5. The van der Waals surface area contributed by atoms with Gasteiger partial charge >= 0.3 is 13.7 Å². The summed E-state index contributed by atoms with van der Waals surface area (Å²) >= 11 is 11.8. The van der Waals surface area contributed by atoms with E-state index in [1.807, 2.05) is 0 Å². The molecule has 30 heavy (non-hydrogen) atoms. The molecule has 0 unspecified atom stereocenters. The van der Waals surface area contributed by atoms with Crippen molar-refractivity contribution in [3.05, 3.63) is 88.4 Å². The van der Waals surface area contributed by atoms with Gasteiger partial charge in [0.2, 0.25) is 0 Å². The van der Waals surface area contributed by atoms with Crippen molar-refractivity contribution < 1.29 is 23.1 Å². The van der Waals surface area contributed by atoms with Crippen LogP contribution >= 0.6 is 30.9 Å². The molecule has 0 atom stereocenters. The lowest BCUT2D eigenvalue weighted by Crippen LogP contribution is -2.10. The molecule has 9 heteroatoms. The number of carbonyl (C=O) groups excluding carboxylic acids is 1. The number of benzene rings is 3. The zero-order valence-corrected chi connectivity index (χ0v) is 18.3. The molecule has 0 saturated heterocycles. The lowest BCUT2D eigenvalue weighted by atomic mass is 10.2. The molecule has 0 heterocycles. The molecule has 6 nitrogen and oxygen atoms in total. The Bertz CT molecular complexity index is 989. The highest BCUT2D eigenvalue weighted by Gasteiger charge is 2.29. The van der Waals surface area contributed by atoms with E-state index in [2.05, 4.69) is 5.09 Å². The predicted molar refractivity (Wildman–Crippen MR) is 118 cm³/mol. The summed E-state index contributed by atoms with van der Waals surface area (Å²) in [5.74, 6) is 0.154. The van der Waals surface area contributed by atoms with Gasteiger partial charge in [-0.05, 0) is 79.7 Å². The second-order valence-electron chi connectivity index (χ2n) is 6.00. The first-order chi connectivity index (χ1) is 14.4. The molecule has 0 radical (unpaired) electrons. The summed E-state index contributed by atoms with van der Waals surface area (Å²) in [6, 6.07) is 19.0. The summed E-state index contributed by atoms with van der Waals surface area (Å²) < 4.78 is 29.8. The highest BCUT2D eigenvalue weighted by molar-refractivity contribution is 7.56. The number of esters is 1. The van der Waals surface area contributed by atoms with Gasteiger partial charge in [0.25, 0.3) is 0 Å². The van der Waals surface area contributed by atoms with E-state index in [9.17, 15) is 9.36 Å². The van der Waals surface area contributed by atoms with E-state index in [0.717, 1.165) is 0 Å². The number of ether oxygens (including phenoxy) is 1. The Morgan fingerprint density at radius 2 is 1.30 bits per heavy atom. The first-order valence-corrected chi connectivity index (χ1v) is 11.2. The summed E-state index contributed by atoms with van der Waals surface area (Å²) in [6.07, 6.45) is 0. The van der Waals surface area contributed by atoms with E-state index >= 15 is 0 Å². The third-order valence-corrected chi connectivity index (χ3v) is 5.68. The van der Waals surface area contributed by atoms with Crippen LogP contribution in [0.1, 0.15) is 17.3 Å². The maximum Gasteiger partial charge on any atom is 0.541 e. The zero-order chi connectivity index (χ0) is 21.6. The summed E-state index contributed by atoms with van der Waals surface area (Å²) in [6.45, 7) is 2.00. The minimum absolute atomic E-state index is 0.276. The van der Waals surface area contributed by atoms with Gasteiger partial charge in [0.1, 0.15) is 11.5 Å². The van der Waals surface area contributed by atoms with Crippen molar-refractivity contribution in [2.24, 2.45) is 0 Å². The van der Waals surface area contributed by atoms with Crippen LogP contribution in [0.4, 0.5) is 5.69 Å². The molecule has 0 amide bonds. The minimum atomic E-state index is -3.92. The normalized spacial score (nSPS) is 10.9. The number of nitrogens with one attached hydrogen (secondary N) is 1. The molecule has 0 aliphatic rings. The van der Waals surface area contributed by atoms with Crippen molar-refractivity contribution in [1.82, 2.24) is 0 Å². The van der Waals surface area contributed by atoms with E-state index in [4.69, 9.17) is 37.0 Å². The molecule has 0 fully saturated rings. The zero-order valence-electron chi connectivity index (χ0n) is 15.9. The van der Waals surface area contributed by atoms with Gasteiger partial charge in [-0.25, -0.2) is 9.36 Å². The molecule has 3 aromatic carbocycles. The average Bonchev–Trinajstić information content (AvgIpc) is 2.72. The number of carbonyl (C=O) groups is 1. The summed E-state index contributed by atoms with van der Waals surface area (Å²) in [5.41, 5.74) is 0.795. The fraction of sp³-hybridized carbons (Fsp3) is 0.0952. The van der Waals surface area contributed by atoms with Gasteiger partial charge in [0, 0.05) is 15.7 Å². The van der Waals surface area contributed by atoms with Crippen LogP contribution in [-0.4, -0.2) is 12.6 Å². The van der Waals surface area contributed by atoms with Crippen molar-refractivity contribution in [1.29, 1.82) is 0 Å². The van der Waals surface area contributed by atoms with Crippen LogP contribution in [0.2, 0.25) is 10.0 Å². The second kappa shape index (κ2) is 9.90. The Balaban J connectivity index is 1.84. The van der Waals surface area contributed by atoms with Gasteiger partial charge in [-0.3, -0.25) is 5.09 Å². The van der Waals surface area contributed by atoms with Crippen molar-refractivity contribution in [2.45, 2.75) is 6.92 Å². The number of rotatable bonds is 8. The van der Waals surface area contributed by atoms with E-state index in [1.165, 1.54) is 0 Å². The molecule has 0 bridgehead atoms. The van der Waals surface area contributed by atoms with Gasteiger partial charge in [-0.2, -0.15) is 0 Å². The Kier molecular flexibility index (Phi) is 7.27. The van der Waals surface area contributed by atoms with Crippen LogP contribution in [0.25, 0.3) is 0 Å². The third kappa shape index (κ3) is 6.17. The second-order valence-corrected chi connectivity index (χ2v) is 8.45. The van der Waals surface area contributed by atoms with Crippen molar-refractivity contribution in [3.8, 4) is 11.5 Å². The quantitative estimate of drug-likeness (QED) is 0.289. The lowest BCUT2D eigenvalue weighted by molar-refractivity contribution is 0.0526. The fourth-order valence-electron chi connectivity index (χ4n) is 2.39. The molecule has 3 rings (SSSR count). The van der Waals surface area contributed by atoms with Crippen molar-refractivity contribution >= 4 is 42.6 Å². The smallest absolute Gasteiger partial charge is 0.462 e. The highest BCUT2D eigenvalue weighted by Crippen LogP contribution is 2.48. The largest absolute Gasteiger partial charge is 0.541 e.